The predicted molar refractivity (Wildman–Crippen MR) is 94.0 cm³/mol. The lowest BCUT2D eigenvalue weighted by Gasteiger charge is -2.11. The Bertz CT molecular complexity index is 1040. The molecule has 3 rings (SSSR count). The number of rotatable bonds is 5. The van der Waals surface area contributed by atoms with Gasteiger partial charge in [-0.2, -0.15) is 13.2 Å². The van der Waals surface area contributed by atoms with Gasteiger partial charge in [0.15, 0.2) is 18.1 Å². The quantitative estimate of drug-likeness (QED) is 0.641. The van der Waals surface area contributed by atoms with E-state index in [2.05, 4.69) is 4.98 Å². The summed E-state index contributed by atoms with van der Waals surface area (Å²) in [5.74, 6) is -2.27. The Balaban J connectivity index is 2.27. The van der Waals surface area contributed by atoms with Crippen LogP contribution in [-0.2, 0) is 13.5 Å². The molecule has 9 heteroatoms. The number of carbonyl (C=O) groups is 1. The van der Waals surface area contributed by atoms with Crippen molar-refractivity contribution in [1.29, 1.82) is 0 Å². The SMILES string of the molecule is CCc1nc2c(cc1-c1ccc(F)cc1)c(OCC(F)(F)F)c(C(=O)O)n2C. The van der Waals surface area contributed by atoms with Crippen LogP contribution in [0.1, 0.15) is 23.1 Å². The molecule has 2 aromatic heterocycles. The smallest absolute Gasteiger partial charge is 0.422 e. The number of nitrogens with zero attached hydrogens (tertiary/aromatic N) is 2. The number of aryl methyl sites for hydroxylation is 2. The summed E-state index contributed by atoms with van der Waals surface area (Å²) in [4.78, 5) is 16.1. The van der Waals surface area contributed by atoms with Gasteiger partial charge in [0.2, 0.25) is 0 Å². The summed E-state index contributed by atoms with van der Waals surface area (Å²) in [6.07, 6.45) is -4.15. The lowest BCUT2D eigenvalue weighted by Crippen LogP contribution is -2.20. The molecule has 0 unspecified atom stereocenters. The molecule has 0 fully saturated rings. The van der Waals surface area contributed by atoms with E-state index in [1.165, 1.54) is 41.9 Å². The molecule has 0 atom stereocenters. The maximum Gasteiger partial charge on any atom is 0.422 e. The number of ether oxygens (including phenoxy) is 1. The molecule has 1 aromatic carbocycles. The third kappa shape index (κ3) is 3.64. The maximum atomic E-state index is 13.2. The molecular weight excluding hydrogens is 380 g/mol. The summed E-state index contributed by atoms with van der Waals surface area (Å²) >= 11 is 0. The molecule has 0 amide bonds. The average Bonchev–Trinajstić information content (AvgIpc) is 2.90. The standard InChI is InChI=1S/C19H16F4N2O3/c1-3-14-12(10-4-6-11(20)7-5-10)8-13-16(28-9-19(21,22)23)15(18(26)27)25(2)17(13)24-14/h4-8H,3,9H2,1-2H3,(H,26,27). The van der Waals surface area contributed by atoms with Crippen molar-refractivity contribution >= 4 is 17.0 Å². The molecule has 3 aromatic rings. The van der Waals surface area contributed by atoms with E-state index in [0.717, 1.165) is 0 Å². The van der Waals surface area contributed by atoms with Crippen molar-refractivity contribution in [2.45, 2.75) is 19.5 Å². The van der Waals surface area contributed by atoms with Crippen LogP contribution in [-0.4, -0.2) is 33.4 Å². The number of aromatic nitrogens is 2. The first-order valence-electron chi connectivity index (χ1n) is 8.33. The van der Waals surface area contributed by atoms with Gasteiger partial charge in [0.05, 0.1) is 11.1 Å². The Morgan fingerprint density at radius 3 is 2.43 bits per heavy atom. The molecule has 0 saturated carbocycles. The van der Waals surface area contributed by atoms with E-state index in [1.807, 2.05) is 6.92 Å². The summed E-state index contributed by atoms with van der Waals surface area (Å²) < 4.78 is 57.2. The summed E-state index contributed by atoms with van der Waals surface area (Å²) in [7, 11) is 1.40. The van der Waals surface area contributed by atoms with Gasteiger partial charge in [-0.1, -0.05) is 19.1 Å². The van der Waals surface area contributed by atoms with Crippen molar-refractivity contribution in [2.24, 2.45) is 7.05 Å². The van der Waals surface area contributed by atoms with E-state index < -0.39 is 36.0 Å². The van der Waals surface area contributed by atoms with Crippen molar-refractivity contribution in [3.05, 3.63) is 47.5 Å². The van der Waals surface area contributed by atoms with Crippen LogP contribution in [0.2, 0.25) is 0 Å². The molecule has 0 bridgehead atoms. The molecule has 0 saturated heterocycles. The second-order valence-electron chi connectivity index (χ2n) is 6.16. The highest BCUT2D eigenvalue weighted by atomic mass is 19.4. The summed E-state index contributed by atoms with van der Waals surface area (Å²) in [5, 5.41) is 9.61. The van der Waals surface area contributed by atoms with E-state index in [1.54, 1.807) is 0 Å². The van der Waals surface area contributed by atoms with E-state index >= 15 is 0 Å². The summed E-state index contributed by atoms with van der Waals surface area (Å²) in [6.45, 7) is 0.205. The van der Waals surface area contributed by atoms with Gasteiger partial charge >= 0.3 is 12.1 Å². The van der Waals surface area contributed by atoms with E-state index in [4.69, 9.17) is 4.74 Å². The molecule has 0 radical (unpaired) electrons. The number of alkyl halides is 3. The van der Waals surface area contributed by atoms with Crippen LogP contribution in [0.15, 0.2) is 30.3 Å². The number of benzene rings is 1. The van der Waals surface area contributed by atoms with Crippen LogP contribution in [0.5, 0.6) is 5.75 Å². The van der Waals surface area contributed by atoms with Gasteiger partial charge in [-0.25, -0.2) is 14.2 Å². The Hall–Kier alpha value is -3.10. The van der Waals surface area contributed by atoms with Crippen LogP contribution < -0.4 is 4.74 Å². The Kier molecular flexibility index (Phi) is 5.01. The van der Waals surface area contributed by atoms with Crippen molar-refractivity contribution in [1.82, 2.24) is 9.55 Å². The van der Waals surface area contributed by atoms with Gasteiger partial charge in [-0.3, -0.25) is 0 Å². The summed E-state index contributed by atoms with van der Waals surface area (Å²) in [5.41, 5.74) is 1.53. The van der Waals surface area contributed by atoms with Gasteiger partial charge in [0, 0.05) is 12.6 Å². The zero-order valence-corrected chi connectivity index (χ0v) is 15.0. The second-order valence-corrected chi connectivity index (χ2v) is 6.16. The molecule has 0 aliphatic rings. The Morgan fingerprint density at radius 2 is 1.89 bits per heavy atom. The van der Waals surface area contributed by atoms with Crippen molar-refractivity contribution in [3.63, 3.8) is 0 Å². The first-order valence-corrected chi connectivity index (χ1v) is 8.33. The molecule has 0 aliphatic heterocycles. The molecule has 0 spiro atoms. The zero-order chi connectivity index (χ0) is 20.6. The molecular formula is C19H16F4N2O3. The molecule has 148 valence electrons. The minimum absolute atomic E-state index is 0.140. The first-order chi connectivity index (χ1) is 13.1. The Labute approximate surface area is 157 Å². The number of carboxylic acid groups (broad SMARTS) is 1. The monoisotopic (exact) mass is 396 g/mol. The predicted octanol–water partition coefficient (Wildman–Crippen LogP) is 4.58. The van der Waals surface area contributed by atoms with Gasteiger partial charge in [-0.15, -0.1) is 0 Å². The van der Waals surface area contributed by atoms with Crippen molar-refractivity contribution in [2.75, 3.05) is 6.61 Å². The Morgan fingerprint density at radius 1 is 1.25 bits per heavy atom. The molecule has 1 N–H and O–H groups in total. The fraction of sp³-hybridized carbons (Fsp3) is 0.263. The number of halogens is 4. The normalized spacial score (nSPS) is 11.8. The van der Waals surface area contributed by atoms with Crippen molar-refractivity contribution < 1.29 is 32.2 Å². The van der Waals surface area contributed by atoms with Gasteiger partial charge in [0.1, 0.15) is 11.5 Å². The van der Waals surface area contributed by atoms with Crippen LogP contribution >= 0.6 is 0 Å². The van der Waals surface area contributed by atoms with E-state index in [9.17, 15) is 27.5 Å². The molecule has 5 nitrogen and oxygen atoms in total. The molecule has 28 heavy (non-hydrogen) atoms. The highest BCUT2D eigenvalue weighted by molar-refractivity contribution is 6.01. The first kappa shape index (κ1) is 19.7. The minimum Gasteiger partial charge on any atom is -0.481 e. The number of hydrogen-bond acceptors (Lipinski definition) is 3. The van der Waals surface area contributed by atoms with Gasteiger partial charge in [0.25, 0.3) is 0 Å². The number of fused-ring (bicyclic) bond motifs is 1. The third-order valence-corrected chi connectivity index (χ3v) is 4.27. The number of aromatic carboxylic acids is 1. The summed E-state index contributed by atoms with van der Waals surface area (Å²) in [6, 6.07) is 7.09. The second kappa shape index (κ2) is 7.14. The van der Waals surface area contributed by atoms with E-state index in [0.29, 0.717) is 23.2 Å². The molecule has 0 aliphatic carbocycles. The largest absolute Gasteiger partial charge is 0.481 e. The van der Waals surface area contributed by atoms with Crippen LogP contribution in [0.25, 0.3) is 22.2 Å². The van der Waals surface area contributed by atoms with Gasteiger partial charge in [-0.05, 0) is 30.2 Å². The molecule has 2 heterocycles. The highest BCUT2D eigenvalue weighted by Gasteiger charge is 2.32. The van der Waals surface area contributed by atoms with Crippen LogP contribution in [0, 0.1) is 5.82 Å². The van der Waals surface area contributed by atoms with Crippen LogP contribution in [0.3, 0.4) is 0 Å². The number of pyridine rings is 1. The lowest BCUT2D eigenvalue weighted by molar-refractivity contribution is -0.153. The van der Waals surface area contributed by atoms with Crippen molar-refractivity contribution in [3.8, 4) is 16.9 Å². The highest BCUT2D eigenvalue weighted by Crippen LogP contribution is 2.37. The fourth-order valence-electron chi connectivity index (χ4n) is 3.04. The topological polar surface area (TPSA) is 64.3 Å². The third-order valence-electron chi connectivity index (χ3n) is 4.27. The number of hydrogen-bond donors (Lipinski definition) is 1. The lowest BCUT2D eigenvalue weighted by atomic mass is 10.0. The average molecular weight is 396 g/mol. The van der Waals surface area contributed by atoms with E-state index in [-0.39, 0.29) is 11.0 Å². The maximum absolute atomic E-state index is 13.2. The fourth-order valence-corrected chi connectivity index (χ4v) is 3.04. The number of carboxylic acids is 1. The zero-order valence-electron chi connectivity index (χ0n) is 15.0. The minimum atomic E-state index is -4.63. The van der Waals surface area contributed by atoms with Crippen LogP contribution in [0.4, 0.5) is 17.6 Å². The van der Waals surface area contributed by atoms with Gasteiger partial charge < -0.3 is 14.4 Å².